The summed E-state index contributed by atoms with van der Waals surface area (Å²) in [5.74, 6) is 0.779. The van der Waals surface area contributed by atoms with Crippen LogP contribution in [0.5, 0.6) is 0 Å². The lowest BCUT2D eigenvalue weighted by Gasteiger charge is -2.32. The van der Waals surface area contributed by atoms with Gasteiger partial charge in [-0.15, -0.1) is 0 Å². The smallest absolute Gasteiger partial charge is 0.0992 e. The molecule has 0 radical (unpaired) electrons. The maximum atomic E-state index is 9.15. The number of hydrogen-bond acceptors (Lipinski definition) is 3. The summed E-state index contributed by atoms with van der Waals surface area (Å²) in [7, 11) is 0. The molecule has 2 aliphatic rings. The maximum Gasteiger partial charge on any atom is 0.0992 e. The summed E-state index contributed by atoms with van der Waals surface area (Å²) in [6.07, 6.45) is 5.11. The number of rotatable bonds is 4. The van der Waals surface area contributed by atoms with Gasteiger partial charge < -0.3 is 10.2 Å². The molecular formula is C16H20BrN3. The first kappa shape index (κ1) is 13.9. The van der Waals surface area contributed by atoms with E-state index >= 15 is 0 Å². The molecule has 0 atom stereocenters. The number of nitrogens with zero attached hydrogens (tertiary/aromatic N) is 2. The third kappa shape index (κ3) is 3.34. The molecule has 1 saturated heterocycles. The molecule has 1 aromatic rings. The third-order valence-corrected chi connectivity index (χ3v) is 4.70. The Morgan fingerprint density at radius 3 is 2.60 bits per heavy atom. The fourth-order valence-electron chi connectivity index (χ4n) is 3.00. The fourth-order valence-corrected chi connectivity index (χ4v) is 3.48. The largest absolute Gasteiger partial charge is 0.368 e. The molecule has 20 heavy (non-hydrogen) atoms. The van der Waals surface area contributed by atoms with E-state index in [1.165, 1.54) is 31.4 Å². The van der Waals surface area contributed by atoms with Crippen molar-refractivity contribution in [2.45, 2.75) is 31.7 Å². The van der Waals surface area contributed by atoms with Gasteiger partial charge in [0.15, 0.2) is 0 Å². The summed E-state index contributed by atoms with van der Waals surface area (Å²) < 4.78 is 1.00. The first-order valence-corrected chi connectivity index (χ1v) is 8.23. The molecular weight excluding hydrogens is 314 g/mol. The Morgan fingerprint density at radius 1 is 1.20 bits per heavy atom. The van der Waals surface area contributed by atoms with E-state index in [4.69, 9.17) is 5.26 Å². The maximum absolute atomic E-state index is 9.15. The Morgan fingerprint density at radius 2 is 1.95 bits per heavy atom. The Bertz CT molecular complexity index is 513. The van der Waals surface area contributed by atoms with Gasteiger partial charge in [-0.25, -0.2) is 0 Å². The molecule has 0 unspecified atom stereocenters. The van der Waals surface area contributed by atoms with Crippen LogP contribution in [-0.4, -0.2) is 25.7 Å². The predicted octanol–water partition coefficient (Wildman–Crippen LogP) is 3.29. The standard InChI is InChI=1S/C16H20BrN3/c17-14-7-13(10-18)8-16(9-14)20(15-1-2-15)11-12-3-5-19-6-4-12/h7-9,12,15,19H,1-6,11H2. The van der Waals surface area contributed by atoms with Crippen LogP contribution in [0.4, 0.5) is 5.69 Å². The van der Waals surface area contributed by atoms with Crippen LogP contribution in [0.25, 0.3) is 0 Å². The van der Waals surface area contributed by atoms with Gasteiger partial charge in [-0.2, -0.15) is 5.26 Å². The van der Waals surface area contributed by atoms with Crippen LogP contribution in [0.1, 0.15) is 31.2 Å². The molecule has 1 aliphatic carbocycles. The number of halogens is 1. The van der Waals surface area contributed by atoms with Crippen molar-refractivity contribution in [1.29, 1.82) is 5.26 Å². The third-order valence-electron chi connectivity index (χ3n) is 4.24. The SMILES string of the molecule is N#Cc1cc(Br)cc(N(CC2CCNCC2)C2CC2)c1. The summed E-state index contributed by atoms with van der Waals surface area (Å²) >= 11 is 3.53. The Hall–Kier alpha value is -1.05. The lowest BCUT2D eigenvalue weighted by molar-refractivity contribution is 0.372. The average Bonchev–Trinajstić information content (AvgIpc) is 3.29. The van der Waals surface area contributed by atoms with Crippen LogP contribution in [-0.2, 0) is 0 Å². The Labute approximate surface area is 129 Å². The number of nitrogens with one attached hydrogen (secondary N) is 1. The van der Waals surface area contributed by atoms with Gasteiger partial charge in [-0.1, -0.05) is 15.9 Å². The van der Waals surface area contributed by atoms with Crippen LogP contribution in [0.15, 0.2) is 22.7 Å². The van der Waals surface area contributed by atoms with Crippen molar-refractivity contribution >= 4 is 21.6 Å². The number of nitriles is 1. The van der Waals surface area contributed by atoms with Crippen LogP contribution in [0.2, 0.25) is 0 Å². The first-order chi connectivity index (χ1) is 9.76. The zero-order valence-corrected chi connectivity index (χ0v) is 13.2. The second kappa shape index (κ2) is 6.15. The molecule has 1 saturated carbocycles. The highest BCUT2D eigenvalue weighted by Crippen LogP contribution is 2.35. The van der Waals surface area contributed by atoms with Crippen molar-refractivity contribution in [2.24, 2.45) is 5.92 Å². The molecule has 1 aliphatic heterocycles. The second-order valence-electron chi connectivity index (χ2n) is 5.89. The molecule has 0 spiro atoms. The molecule has 0 amide bonds. The summed E-state index contributed by atoms with van der Waals surface area (Å²) in [5, 5.41) is 12.6. The van der Waals surface area contributed by atoms with Crippen molar-refractivity contribution in [3.8, 4) is 6.07 Å². The minimum atomic E-state index is 0.686. The van der Waals surface area contributed by atoms with Crippen LogP contribution in [0.3, 0.4) is 0 Å². The molecule has 1 heterocycles. The van der Waals surface area contributed by atoms with E-state index in [-0.39, 0.29) is 0 Å². The molecule has 0 aromatic heterocycles. The van der Waals surface area contributed by atoms with Crippen molar-refractivity contribution in [2.75, 3.05) is 24.5 Å². The topological polar surface area (TPSA) is 39.1 Å². The quantitative estimate of drug-likeness (QED) is 0.918. The van der Waals surface area contributed by atoms with Crippen molar-refractivity contribution in [3.63, 3.8) is 0 Å². The molecule has 1 N–H and O–H groups in total. The van der Waals surface area contributed by atoms with E-state index in [0.717, 1.165) is 35.6 Å². The monoisotopic (exact) mass is 333 g/mol. The summed E-state index contributed by atoms with van der Waals surface area (Å²) in [6, 6.07) is 9.02. The van der Waals surface area contributed by atoms with E-state index in [9.17, 15) is 0 Å². The van der Waals surface area contributed by atoms with E-state index < -0.39 is 0 Å². The van der Waals surface area contributed by atoms with Gasteiger partial charge in [0.05, 0.1) is 11.6 Å². The summed E-state index contributed by atoms with van der Waals surface area (Å²) in [5.41, 5.74) is 1.95. The van der Waals surface area contributed by atoms with Gasteiger partial charge in [0, 0.05) is 22.7 Å². The van der Waals surface area contributed by atoms with Gasteiger partial charge in [-0.05, 0) is 62.9 Å². The van der Waals surface area contributed by atoms with E-state index in [1.807, 2.05) is 12.1 Å². The molecule has 3 rings (SSSR count). The highest BCUT2D eigenvalue weighted by Gasteiger charge is 2.31. The van der Waals surface area contributed by atoms with E-state index in [1.54, 1.807) is 0 Å². The van der Waals surface area contributed by atoms with Gasteiger partial charge in [0.2, 0.25) is 0 Å². The highest BCUT2D eigenvalue weighted by molar-refractivity contribution is 9.10. The highest BCUT2D eigenvalue weighted by atomic mass is 79.9. The number of piperidine rings is 1. The van der Waals surface area contributed by atoms with E-state index in [2.05, 4.69) is 38.3 Å². The zero-order valence-electron chi connectivity index (χ0n) is 11.6. The zero-order chi connectivity index (χ0) is 13.9. The average molecular weight is 334 g/mol. The molecule has 0 bridgehead atoms. The van der Waals surface area contributed by atoms with Crippen LogP contribution < -0.4 is 10.2 Å². The number of hydrogen-bond donors (Lipinski definition) is 1. The van der Waals surface area contributed by atoms with Gasteiger partial charge in [0.1, 0.15) is 0 Å². The first-order valence-electron chi connectivity index (χ1n) is 7.44. The fraction of sp³-hybridized carbons (Fsp3) is 0.562. The lowest BCUT2D eigenvalue weighted by Crippen LogP contribution is -2.37. The minimum absolute atomic E-state index is 0.686. The second-order valence-corrected chi connectivity index (χ2v) is 6.80. The van der Waals surface area contributed by atoms with E-state index in [0.29, 0.717) is 6.04 Å². The van der Waals surface area contributed by atoms with Gasteiger partial charge in [-0.3, -0.25) is 0 Å². The lowest BCUT2D eigenvalue weighted by atomic mass is 9.97. The van der Waals surface area contributed by atoms with Crippen molar-refractivity contribution in [3.05, 3.63) is 28.2 Å². The molecule has 3 nitrogen and oxygen atoms in total. The number of anilines is 1. The summed E-state index contributed by atoms with van der Waals surface area (Å²) in [6.45, 7) is 3.42. The molecule has 2 fully saturated rings. The Kier molecular flexibility index (Phi) is 4.28. The molecule has 1 aromatic carbocycles. The predicted molar refractivity (Wildman–Crippen MR) is 84.8 cm³/mol. The number of benzene rings is 1. The van der Waals surface area contributed by atoms with Crippen LogP contribution in [0, 0.1) is 17.2 Å². The minimum Gasteiger partial charge on any atom is -0.368 e. The van der Waals surface area contributed by atoms with Crippen LogP contribution >= 0.6 is 15.9 Å². The molecule has 4 heteroatoms. The normalized spacial score (nSPS) is 19.6. The van der Waals surface area contributed by atoms with Crippen molar-refractivity contribution < 1.29 is 0 Å². The summed E-state index contributed by atoms with van der Waals surface area (Å²) in [4.78, 5) is 2.53. The Balaban J connectivity index is 1.79. The molecule has 106 valence electrons. The van der Waals surface area contributed by atoms with Gasteiger partial charge >= 0.3 is 0 Å². The van der Waals surface area contributed by atoms with Gasteiger partial charge in [0.25, 0.3) is 0 Å². The van der Waals surface area contributed by atoms with Crippen molar-refractivity contribution in [1.82, 2.24) is 5.32 Å².